The first kappa shape index (κ1) is 15.2. The number of ether oxygens (including phenoxy) is 2. The van der Waals surface area contributed by atoms with Crippen LogP contribution in [0, 0.1) is 0 Å². The van der Waals surface area contributed by atoms with E-state index in [0.717, 1.165) is 4.88 Å². The molecule has 2 unspecified atom stereocenters. The normalized spacial score (nSPS) is 26.7. The van der Waals surface area contributed by atoms with Crippen LogP contribution in [0.3, 0.4) is 0 Å². The first-order valence-corrected chi connectivity index (χ1v) is 8.05. The predicted octanol–water partition coefficient (Wildman–Crippen LogP) is 2.03. The number of rotatable bonds is 4. The van der Waals surface area contributed by atoms with Crippen molar-refractivity contribution in [3.8, 4) is 0 Å². The lowest BCUT2D eigenvalue weighted by Crippen LogP contribution is -2.30. The van der Waals surface area contributed by atoms with Gasteiger partial charge in [0, 0.05) is 11.9 Å². The van der Waals surface area contributed by atoms with Gasteiger partial charge in [0.2, 0.25) is 6.29 Å². The van der Waals surface area contributed by atoms with Crippen molar-refractivity contribution in [3.05, 3.63) is 21.3 Å². The highest BCUT2D eigenvalue weighted by atomic mass is 35.5. The van der Waals surface area contributed by atoms with Gasteiger partial charge in [0.05, 0.1) is 4.34 Å². The summed E-state index contributed by atoms with van der Waals surface area (Å²) in [4.78, 5) is 0.742. The van der Waals surface area contributed by atoms with Crippen molar-refractivity contribution in [2.75, 3.05) is 7.05 Å². The number of nitrogens with one attached hydrogen (secondary N) is 1. The molecule has 2 rings (SSSR count). The molecule has 1 aromatic rings. The second-order valence-corrected chi connectivity index (χ2v) is 7.58. The van der Waals surface area contributed by atoms with Crippen molar-refractivity contribution in [2.24, 2.45) is 0 Å². The molecular weight excluding hydrogens is 314 g/mol. The Morgan fingerprint density at radius 1 is 1.42 bits per heavy atom. The largest absolute Gasteiger partial charge is 0.338 e. The van der Waals surface area contributed by atoms with E-state index in [4.69, 9.17) is 25.3 Å². The van der Waals surface area contributed by atoms with Gasteiger partial charge in [-0.1, -0.05) is 11.6 Å². The minimum Gasteiger partial charge on any atom is -0.336 e. The molecule has 6 nitrogen and oxygen atoms in total. The Labute approximate surface area is 120 Å². The first-order chi connectivity index (χ1) is 8.72. The fourth-order valence-corrected chi connectivity index (χ4v) is 3.24. The van der Waals surface area contributed by atoms with Gasteiger partial charge in [-0.25, -0.2) is 4.18 Å². The molecule has 108 valence electrons. The highest BCUT2D eigenvalue weighted by Gasteiger charge is 2.45. The van der Waals surface area contributed by atoms with Crippen molar-refractivity contribution < 1.29 is 22.1 Å². The molecule has 0 aromatic carbocycles. The molecule has 1 aromatic heterocycles. The Morgan fingerprint density at radius 3 is 2.63 bits per heavy atom. The Morgan fingerprint density at radius 2 is 2.11 bits per heavy atom. The zero-order valence-electron chi connectivity index (χ0n) is 10.5. The molecule has 0 amide bonds. The van der Waals surface area contributed by atoms with Gasteiger partial charge in [0.1, 0.15) is 6.10 Å². The zero-order chi connectivity index (χ0) is 14.3. The quantitative estimate of drug-likeness (QED) is 0.916. The maximum Gasteiger partial charge on any atom is 0.338 e. The van der Waals surface area contributed by atoms with E-state index in [9.17, 15) is 8.42 Å². The highest BCUT2D eigenvalue weighted by molar-refractivity contribution is 7.84. The minimum atomic E-state index is -3.87. The van der Waals surface area contributed by atoms with Gasteiger partial charge < -0.3 is 9.47 Å². The lowest BCUT2D eigenvalue weighted by molar-refractivity contribution is -0.167. The molecule has 1 N–H and O–H groups in total. The zero-order valence-corrected chi connectivity index (χ0v) is 12.9. The Kier molecular flexibility index (Phi) is 4.22. The van der Waals surface area contributed by atoms with E-state index in [1.165, 1.54) is 18.4 Å². The van der Waals surface area contributed by atoms with Gasteiger partial charge in [0.15, 0.2) is 5.79 Å². The smallest absolute Gasteiger partial charge is 0.336 e. The van der Waals surface area contributed by atoms with E-state index in [-0.39, 0.29) is 0 Å². The fraction of sp³-hybridized carbons (Fsp3) is 0.600. The molecule has 1 saturated heterocycles. The van der Waals surface area contributed by atoms with Crippen molar-refractivity contribution >= 4 is 33.2 Å². The number of hydrogen-bond acceptors (Lipinski definition) is 6. The van der Waals surface area contributed by atoms with Gasteiger partial charge in [-0.3, -0.25) is 0 Å². The Hall–Kier alpha value is -0.220. The number of thiophene rings is 1. The molecule has 0 bridgehead atoms. The van der Waals surface area contributed by atoms with E-state index in [1.807, 2.05) is 0 Å². The third-order valence-electron chi connectivity index (χ3n) is 2.40. The maximum atomic E-state index is 11.5. The average molecular weight is 328 g/mol. The SMILES string of the molecule is CNS(=O)(=O)OC1OC(C)(C)OC1c1ccc(Cl)s1. The molecule has 1 aliphatic heterocycles. The summed E-state index contributed by atoms with van der Waals surface area (Å²) in [7, 11) is -2.61. The summed E-state index contributed by atoms with van der Waals surface area (Å²) in [5.74, 6) is -0.935. The topological polar surface area (TPSA) is 73.9 Å². The van der Waals surface area contributed by atoms with E-state index in [1.54, 1.807) is 26.0 Å². The van der Waals surface area contributed by atoms with Crippen LogP contribution in [-0.4, -0.2) is 27.5 Å². The van der Waals surface area contributed by atoms with Gasteiger partial charge in [-0.05, 0) is 26.0 Å². The summed E-state index contributed by atoms with van der Waals surface area (Å²) in [5.41, 5.74) is 0. The second kappa shape index (κ2) is 5.28. The second-order valence-electron chi connectivity index (χ2n) is 4.32. The van der Waals surface area contributed by atoms with Crippen molar-refractivity contribution in [1.82, 2.24) is 4.72 Å². The van der Waals surface area contributed by atoms with Crippen molar-refractivity contribution in [1.29, 1.82) is 0 Å². The predicted molar refractivity (Wildman–Crippen MR) is 71.2 cm³/mol. The molecule has 0 saturated carbocycles. The highest BCUT2D eigenvalue weighted by Crippen LogP contribution is 2.42. The molecule has 0 spiro atoms. The summed E-state index contributed by atoms with van der Waals surface area (Å²) in [6, 6.07) is 3.46. The van der Waals surface area contributed by atoms with Crippen molar-refractivity contribution in [3.63, 3.8) is 0 Å². The first-order valence-electron chi connectivity index (χ1n) is 5.45. The van der Waals surface area contributed by atoms with Crippen LogP contribution < -0.4 is 4.72 Å². The van der Waals surface area contributed by atoms with E-state index < -0.39 is 28.5 Å². The lowest BCUT2D eigenvalue weighted by Gasteiger charge is -2.16. The van der Waals surface area contributed by atoms with E-state index in [2.05, 4.69) is 4.72 Å². The third kappa shape index (κ3) is 3.66. The standard InChI is InChI=1S/C10H14ClNO5S2/c1-10(2)15-8(6-4-5-7(11)18-6)9(16-10)17-19(13,14)12-3/h4-5,8-9,12H,1-3H3. The Balaban J connectivity index is 2.24. The van der Waals surface area contributed by atoms with Crippen LogP contribution in [-0.2, 0) is 24.0 Å². The fourth-order valence-electron chi connectivity index (χ4n) is 1.65. The van der Waals surface area contributed by atoms with E-state index in [0.29, 0.717) is 4.34 Å². The molecule has 0 aliphatic carbocycles. The average Bonchev–Trinajstić information content (AvgIpc) is 2.82. The third-order valence-corrected chi connectivity index (χ3v) is 4.64. The van der Waals surface area contributed by atoms with Crippen LogP contribution in [0.1, 0.15) is 24.8 Å². The lowest BCUT2D eigenvalue weighted by atomic mass is 10.3. The molecular formula is C10H14ClNO5S2. The summed E-state index contributed by atoms with van der Waals surface area (Å²) < 4.78 is 41.6. The van der Waals surface area contributed by atoms with Crippen LogP contribution in [0.4, 0.5) is 0 Å². The summed E-state index contributed by atoms with van der Waals surface area (Å²) in [5, 5.41) is 0. The monoisotopic (exact) mass is 327 g/mol. The molecule has 2 atom stereocenters. The van der Waals surface area contributed by atoms with Crippen LogP contribution in [0.25, 0.3) is 0 Å². The van der Waals surface area contributed by atoms with Crippen LogP contribution in [0.15, 0.2) is 12.1 Å². The number of halogens is 1. The molecule has 1 fully saturated rings. The van der Waals surface area contributed by atoms with Gasteiger partial charge in [-0.2, -0.15) is 13.1 Å². The Bertz CT molecular complexity index is 556. The van der Waals surface area contributed by atoms with Gasteiger partial charge in [0.25, 0.3) is 0 Å². The van der Waals surface area contributed by atoms with Crippen LogP contribution >= 0.6 is 22.9 Å². The van der Waals surface area contributed by atoms with E-state index >= 15 is 0 Å². The maximum absolute atomic E-state index is 11.5. The molecule has 19 heavy (non-hydrogen) atoms. The minimum absolute atomic E-state index is 0.582. The molecule has 9 heteroatoms. The molecule has 2 heterocycles. The van der Waals surface area contributed by atoms with Crippen LogP contribution in [0.5, 0.6) is 0 Å². The summed E-state index contributed by atoms with van der Waals surface area (Å²) in [6.45, 7) is 3.37. The number of hydrogen-bond donors (Lipinski definition) is 1. The summed E-state index contributed by atoms with van der Waals surface area (Å²) >= 11 is 7.16. The van der Waals surface area contributed by atoms with Gasteiger partial charge >= 0.3 is 10.3 Å². The molecule has 1 aliphatic rings. The van der Waals surface area contributed by atoms with Crippen LogP contribution in [0.2, 0.25) is 4.34 Å². The molecule has 0 radical (unpaired) electrons. The van der Waals surface area contributed by atoms with Crippen molar-refractivity contribution in [2.45, 2.75) is 32.0 Å². The van der Waals surface area contributed by atoms with Gasteiger partial charge in [-0.15, -0.1) is 11.3 Å². The summed E-state index contributed by atoms with van der Waals surface area (Å²) in [6.07, 6.45) is -1.70.